The van der Waals surface area contributed by atoms with E-state index in [0.717, 1.165) is 26.1 Å². The maximum atomic E-state index is 10.6. The molecule has 1 aromatic carbocycles. The number of nitrogens with zero attached hydrogens (tertiary/aromatic N) is 1. The molecule has 0 unspecified atom stereocenters. The Morgan fingerprint density at radius 2 is 1.81 bits per heavy atom. The van der Waals surface area contributed by atoms with E-state index in [4.69, 9.17) is 4.74 Å². The van der Waals surface area contributed by atoms with Crippen molar-refractivity contribution in [2.45, 2.75) is 20.3 Å². The van der Waals surface area contributed by atoms with Crippen molar-refractivity contribution in [2.75, 3.05) is 26.2 Å². The van der Waals surface area contributed by atoms with Gasteiger partial charge in [0, 0.05) is 12.6 Å². The lowest BCUT2D eigenvalue weighted by molar-refractivity contribution is -0.137. The monoisotopic (exact) mass is 289 g/mol. The summed E-state index contributed by atoms with van der Waals surface area (Å²) in [6, 6.07) is 10.0. The molecule has 1 rings (SSSR count). The molecular weight excluding hydrogens is 262 g/mol. The van der Waals surface area contributed by atoms with Crippen LogP contribution in [-0.4, -0.2) is 37.1 Å². The minimum Gasteiger partial charge on any atom is -0.462 e. The number of carbonyl (C=O) groups is 1. The molecule has 0 amide bonds. The van der Waals surface area contributed by atoms with Crippen LogP contribution in [0.15, 0.2) is 49.6 Å². The van der Waals surface area contributed by atoms with Gasteiger partial charge in [-0.15, -0.1) is 0 Å². The van der Waals surface area contributed by atoms with Crippen molar-refractivity contribution < 1.29 is 9.53 Å². The molecule has 0 radical (unpaired) electrons. The van der Waals surface area contributed by atoms with Crippen LogP contribution >= 0.6 is 0 Å². The van der Waals surface area contributed by atoms with E-state index >= 15 is 0 Å². The second-order valence-corrected chi connectivity index (χ2v) is 4.37. The van der Waals surface area contributed by atoms with Crippen molar-refractivity contribution in [1.29, 1.82) is 0 Å². The van der Waals surface area contributed by atoms with E-state index in [0.29, 0.717) is 6.61 Å². The van der Waals surface area contributed by atoms with Crippen LogP contribution in [0.3, 0.4) is 0 Å². The van der Waals surface area contributed by atoms with Gasteiger partial charge in [0.05, 0.1) is 6.61 Å². The quantitative estimate of drug-likeness (QED) is 0.414. The summed E-state index contributed by atoms with van der Waals surface area (Å²) < 4.78 is 4.85. The summed E-state index contributed by atoms with van der Waals surface area (Å²) in [5.41, 5.74) is 1.17. The SMILES string of the molecule is C=CC(=O)OCCCN(CC)CC.C=Cc1ccccc1. The van der Waals surface area contributed by atoms with Crippen LogP contribution in [0.1, 0.15) is 25.8 Å². The van der Waals surface area contributed by atoms with Crippen LogP contribution in [-0.2, 0) is 9.53 Å². The van der Waals surface area contributed by atoms with Gasteiger partial charge in [-0.2, -0.15) is 0 Å². The fourth-order valence-corrected chi connectivity index (χ4v) is 1.65. The molecule has 21 heavy (non-hydrogen) atoms. The molecule has 116 valence electrons. The molecule has 0 N–H and O–H groups in total. The first-order valence-electron chi connectivity index (χ1n) is 7.36. The molecule has 0 saturated carbocycles. The minimum atomic E-state index is -0.334. The molecule has 0 bridgehead atoms. The second kappa shape index (κ2) is 13.1. The molecule has 0 aliphatic rings. The zero-order chi connectivity index (χ0) is 15.9. The highest BCUT2D eigenvalue weighted by Crippen LogP contribution is 1.97. The number of esters is 1. The Morgan fingerprint density at radius 3 is 2.24 bits per heavy atom. The van der Waals surface area contributed by atoms with Crippen LogP contribution in [0.25, 0.3) is 6.08 Å². The van der Waals surface area contributed by atoms with Crippen LogP contribution in [0.4, 0.5) is 0 Å². The highest BCUT2D eigenvalue weighted by atomic mass is 16.5. The van der Waals surface area contributed by atoms with Gasteiger partial charge in [0.2, 0.25) is 0 Å². The molecule has 0 spiro atoms. The van der Waals surface area contributed by atoms with E-state index in [1.54, 1.807) is 0 Å². The van der Waals surface area contributed by atoms with Crippen LogP contribution in [0.5, 0.6) is 0 Å². The summed E-state index contributed by atoms with van der Waals surface area (Å²) in [7, 11) is 0. The van der Waals surface area contributed by atoms with Gasteiger partial charge in [0.1, 0.15) is 0 Å². The van der Waals surface area contributed by atoms with Crippen molar-refractivity contribution in [2.24, 2.45) is 0 Å². The average Bonchev–Trinajstić information content (AvgIpc) is 2.56. The third kappa shape index (κ3) is 10.6. The lowest BCUT2D eigenvalue weighted by atomic mass is 10.2. The maximum Gasteiger partial charge on any atom is 0.330 e. The van der Waals surface area contributed by atoms with Gasteiger partial charge < -0.3 is 9.64 Å². The Bertz CT molecular complexity index is 397. The Morgan fingerprint density at radius 1 is 1.19 bits per heavy atom. The molecule has 0 saturated heterocycles. The van der Waals surface area contributed by atoms with E-state index in [1.807, 2.05) is 36.4 Å². The number of benzene rings is 1. The standard InChI is InChI=1S/C10H19NO2.C8H8/c1-4-10(12)13-9-7-8-11(5-2)6-3;1-2-8-6-4-3-5-7-8/h4H,1,5-9H2,2-3H3;2-7H,1H2. The summed E-state index contributed by atoms with van der Waals surface area (Å²) in [5, 5.41) is 0. The summed E-state index contributed by atoms with van der Waals surface area (Å²) in [6.07, 6.45) is 3.92. The summed E-state index contributed by atoms with van der Waals surface area (Å²) in [5.74, 6) is -0.334. The van der Waals surface area contributed by atoms with E-state index < -0.39 is 0 Å². The molecule has 1 aromatic rings. The number of rotatable bonds is 8. The second-order valence-electron chi connectivity index (χ2n) is 4.37. The fraction of sp³-hybridized carbons (Fsp3) is 0.389. The number of carbonyl (C=O) groups excluding carboxylic acids is 1. The van der Waals surface area contributed by atoms with Crippen molar-refractivity contribution in [3.63, 3.8) is 0 Å². The third-order valence-corrected chi connectivity index (χ3v) is 2.96. The predicted octanol–water partition coefficient (Wildman–Crippen LogP) is 3.78. The zero-order valence-electron chi connectivity index (χ0n) is 13.3. The van der Waals surface area contributed by atoms with Gasteiger partial charge in [-0.05, 0) is 25.1 Å². The molecular formula is C18H27NO2. The van der Waals surface area contributed by atoms with E-state index in [2.05, 4.69) is 31.9 Å². The van der Waals surface area contributed by atoms with E-state index in [-0.39, 0.29) is 5.97 Å². The van der Waals surface area contributed by atoms with Gasteiger partial charge in [-0.3, -0.25) is 0 Å². The first-order chi connectivity index (χ1) is 10.2. The fourth-order valence-electron chi connectivity index (χ4n) is 1.65. The van der Waals surface area contributed by atoms with Crippen molar-refractivity contribution in [3.8, 4) is 0 Å². The lowest BCUT2D eigenvalue weighted by Crippen LogP contribution is -2.25. The Labute approximate surface area is 128 Å². The van der Waals surface area contributed by atoms with Gasteiger partial charge >= 0.3 is 5.97 Å². The molecule has 0 fully saturated rings. The normalized spacial score (nSPS) is 9.48. The number of hydrogen-bond donors (Lipinski definition) is 0. The number of hydrogen-bond acceptors (Lipinski definition) is 3. The molecule has 0 aliphatic heterocycles. The molecule has 0 heterocycles. The van der Waals surface area contributed by atoms with Crippen LogP contribution in [0, 0.1) is 0 Å². The topological polar surface area (TPSA) is 29.5 Å². The summed E-state index contributed by atoms with van der Waals surface area (Å²) >= 11 is 0. The summed E-state index contributed by atoms with van der Waals surface area (Å²) in [6.45, 7) is 14.8. The summed E-state index contributed by atoms with van der Waals surface area (Å²) in [4.78, 5) is 12.9. The Balaban J connectivity index is 0.000000423. The molecule has 0 atom stereocenters. The average molecular weight is 289 g/mol. The maximum absolute atomic E-state index is 10.6. The van der Waals surface area contributed by atoms with Crippen molar-refractivity contribution in [1.82, 2.24) is 4.90 Å². The van der Waals surface area contributed by atoms with Crippen molar-refractivity contribution >= 4 is 12.0 Å². The highest BCUT2D eigenvalue weighted by Gasteiger charge is 1.99. The van der Waals surface area contributed by atoms with Crippen molar-refractivity contribution in [3.05, 3.63) is 55.1 Å². The van der Waals surface area contributed by atoms with E-state index in [9.17, 15) is 4.79 Å². The van der Waals surface area contributed by atoms with Crippen LogP contribution in [0.2, 0.25) is 0 Å². The third-order valence-electron chi connectivity index (χ3n) is 2.96. The van der Waals surface area contributed by atoms with Gasteiger partial charge in [0.15, 0.2) is 0 Å². The molecule has 0 aromatic heterocycles. The predicted molar refractivity (Wildman–Crippen MR) is 90.1 cm³/mol. The van der Waals surface area contributed by atoms with Gasteiger partial charge in [-0.25, -0.2) is 4.79 Å². The Kier molecular flexibility index (Phi) is 12.0. The molecule has 0 aliphatic carbocycles. The molecule has 3 heteroatoms. The largest absolute Gasteiger partial charge is 0.462 e. The van der Waals surface area contributed by atoms with E-state index in [1.165, 1.54) is 11.6 Å². The van der Waals surface area contributed by atoms with Crippen LogP contribution < -0.4 is 0 Å². The molecule has 3 nitrogen and oxygen atoms in total. The minimum absolute atomic E-state index is 0.334. The first-order valence-corrected chi connectivity index (χ1v) is 7.36. The number of ether oxygens (including phenoxy) is 1. The smallest absolute Gasteiger partial charge is 0.330 e. The Hall–Kier alpha value is -1.87. The van der Waals surface area contributed by atoms with Gasteiger partial charge in [0.25, 0.3) is 0 Å². The lowest BCUT2D eigenvalue weighted by Gasteiger charge is -2.17. The van der Waals surface area contributed by atoms with Gasteiger partial charge in [-0.1, -0.05) is 63.4 Å². The zero-order valence-corrected chi connectivity index (χ0v) is 13.3. The first kappa shape index (κ1) is 19.1. The highest BCUT2D eigenvalue weighted by molar-refractivity contribution is 5.81.